The molecule has 2 heterocycles. The molecule has 0 fully saturated rings. The van der Waals surface area contributed by atoms with E-state index in [4.69, 9.17) is 11.6 Å². The lowest BCUT2D eigenvalue weighted by atomic mass is 10.2. The van der Waals surface area contributed by atoms with Crippen LogP contribution < -0.4 is 5.32 Å². The number of benzene rings is 1. The van der Waals surface area contributed by atoms with Crippen molar-refractivity contribution in [2.75, 3.05) is 5.32 Å². The summed E-state index contributed by atoms with van der Waals surface area (Å²) in [6.45, 7) is 0.539. The maximum Gasteiger partial charge on any atom is 0.285 e. The average Bonchev–Trinajstić information content (AvgIpc) is 3.02. The van der Waals surface area contributed by atoms with Crippen LogP contribution in [-0.4, -0.2) is 20.4 Å². The summed E-state index contributed by atoms with van der Waals surface area (Å²) in [6.07, 6.45) is 7.33. The summed E-state index contributed by atoms with van der Waals surface area (Å²) in [5.41, 5.74) is 1.49. The second kappa shape index (κ2) is 7.72. The smallest absolute Gasteiger partial charge is 0.285 e. The maximum absolute atomic E-state index is 13.9. The van der Waals surface area contributed by atoms with Crippen molar-refractivity contribution in [2.24, 2.45) is 0 Å². The van der Waals surface area contributed by atoms with Gasteiger partial charge < -0.3 is 9.88 Å². The van der Waals surface area contributed by atoms with E-state index in [0.717, 1.165) is 11.6 Å². The molecular formula is C18H14ClFN4O. The van der Waals surface area contributed by atoms with Crippen LogP contribution in [0.2, 0.25) is 5.02 Å². The molecule has 0 bridgehead atoms. The molecule has 25 heavy (non-hydrogen) atoms. The SMILES string of the molecule is O=C(Nc1cn(Cc2cccc(Cl)c2)cn1)/C(F)=C/c1cccnc1. The molecule has 2 aromatic heterocycles. The number of halogens is 2. The fourth-order valence-corrected chi connectivity index (χ4v) is 2.42. The molecule has 3 rings (SSSR count). The van der Waals surface area contributed by atoms with E-state index < -0.39 is 11.7 Å². The zero-order chi connectivity index (χ0) is 17.6. The summed E-state index contributed by atoms with van der Waals surface area (Å²) in [4.78, 5) is 19.8. The van der Waals surface area contributed by atoms with E-state index in [-0.39, 0.29) is 5.82 Å². The van der Waals surface area contributed by atoms with E-state index in [0.29, 0.717) is 17.1 Å². The zero-order valence-electron chi connectivity index (χ0n) is 13.1. The van der Waals surface area contributed by atoms with Crippen LogP contribution in [0.25, 0.3) is 6.08 Å². The highest BCUT2D eigenvalue weighted by Gasteiger charge is 2.11. The second-order valence-corrected chi connectivity index (χ2v) is 5.73. The number of hydrogen-bond acceptors (Lipinski definition) is 3. The molecule has 3 aromatic rings. The Hall–Kier alpha value is -2.99. The third-order valence-electron chi connectivity index (χ3n) is 3.32. The highest BCUT2D eigenvalue weighted by molar-refractivity contribution is 6.30. The van der Waals surface area contributed by atoms with Crippen molar-refractivity contribution in [1.82, 2.24) is 14.5 Å². The van der Waals surface area contributed by atoms with Crippen molar-refractivity contribution in [3.63, 3.8) is 0 Å². The van der Waals surface area contributed by atoms with Crippen molar-refractivity contribution < 1.29 is 9.18 Å². The Bertz CT molecular complexity index is 908. The first-order valence-electron chi connectivity index (χ1n) is 7.45. The van der Waals surface area contributed by atoms with Crippen molar-refractivity contribution in [2.45, 2.75) is 6.54 Å². The molecule has 5 nitrogen and oxygen atoms in total. The quantitative estimate of drug-likeness (QED) is 0.705. The third kappa shape index (κ3) is 4.74. The first-order chi connectivity index (χ1) is 12.1. The zero-order valence-corrected chi connectivity index (χ0v) is 13.8. The van der Waals surface area contributed by atoms with E-state index in [2.05, 4.69) is 15.3 Å². The van der Waals surface area contributed by atoms with Gasteiger partial charge in [0.15, 0.2) is 11.6 Å². The molecule has 1 N–H and O–H groups in total. The minimum atomic E-state index is -0.919. The van der Waals surface area contributed by atoms with Gasteiger partial charge in [0.05, 0.1) is 6.33 Å². The van der Waals surface area contributed by atoms with Crippen molar-refractivity contribution in [3.05, 3.63) is 83.3 Å². The first-order valence-corrected chi connectivity index (χ1v) is 7.83. The topological polar surface area (TPSA) is 59.8 Å². The number of imidazole rings is 1. The van der Waals surface area contributed by atoms with Gasteiger partial charge in [-0.2, -0.15) is 0 Å². The molecule has 1 aromatic carbocycles. The predicted molar refractivity (Wildman–Crippen MR) is 94.7 cm³/mol. The number of nitrogens with zero attached hydrogens (tertiary/aromatic N) is 3. The van der Waals surface area contributed by atoms with E-state index >= 15 is 0 Å². The Labute approximate surface area is 148 Å². The van der Waals surface area contributed by atoms with E-state index in [9.17, 15) is 9.18 Å². The summed E-state index contributed by atoms with van der Waals surface area (Å²) in [5, 5.41) is 3.07. The van der Waals surface area contributed by atoms with Crippen molar-refractivity contribution in [1.29, 1.82) is 0 Å². The fraction of sp³-hybridized carbons (Fsp3) is 0.0556. The lowest BCUT2D eigenvalue weighted by Crippen LogP contribution is -2.12. The third-order valence-corrected chi connectivity index (χ3v) is 3.56. The molecule has 0 atom stereocenters. The standard InChI is InChI=1S/C18H14ClFN4O/c19-15-5-1-3-14(7-15)10-24-11-17(22-12-24)23-18(25)16(20)8-13-4-2-6-21-9-13/h1-9,11-12H,10H2,(H,23,25)/b16-8-. The summed E-state index contributed by atoms with van der Waals surface area (Å²) in [6, 6.07) is 10.7. The van der Waals surface area contributed by atoms with Gasteiger partial charge in [-0.3, -0.25) is 9.78 Å². The molecule has 0 unspecified atom stereocenters. The number of amides is 1. The molecule has 0 saturated carbocycles. The van der Waals surface area contributed by atoms with Gasteiger partial charge in [-0.25, -0.2) is 9.37 Å². The molecule has 126 valence electrons. The molecule has 0 aliphatic heterocycles. The van der Waals surface area contributed by atoms with E-state index in [1.165, 1.54) is 6.20 Å². The summed E-state index contributed by atoms with van der Waals surface area (Å²) < 4.78 is 15.7. The number of nitrogens with one attached hydrogen (secondary N) is 1. The molecule has 0 saturated heterocycles. The molecular weight excluding hydrogens is 343 g/mol. The number of hydrogen-bond donors (Lipinski definition) is 1. The molecule has 0 aliphatic carbocycles. The predicted octanol–water partition coefficient (Wildman–Crippen LogP) is 3.93. The monoisotopic (exact) mass is 356 g/mol. The number of carbonyl (C=O) groups is 1. The van der Waals surface area contributed by atoms with Gasteiger partial charge in [0.2, 0.25) is 0 Å². The Morgan fingerprint density at radius 1 is 1.32 bits per heavy atom. The largest absolute Gasteiger partial charge is 0.331 e. The van der Waals surface area contributed by atoms with Crippen LogP contribution in [0.4, 0.5) is 10.2 Å². The Balaban J connectivity index is 1.64. The van der Waals surface area contributed by atoms with Gasteiger partial charge in [0, 0.05) is 30.2 Å². The number of anilines is 1. The minimum Gasteiger partial charge on any atom is -0.331 e. The summed E-state index contributed by atoms with van der Waals surface area (Å²) >= 11 is 5.95. The highest BCUT2D eigenvalue weighted by atomic mass is 35.5. The van der Waals surface area contributed by atoms with Crippen LogP contribution in [0.5, 0.6) is 0 Å². The van der Waals surface area contributed by atoms with Crippen LogP contribution in [0.1, 0.15) is 11.1 Å². The number of rotatable bonds is 5. The normalized spacial score (nSPS) is 11.4. The van der Waals surface area contributed by atoms with Crippen LogP contribution >= 0.6 is 11.6 Å². The molecule has 0 aliphatic rings. The average molecular weight is 357 g/mol. The van der Waals surface area contributed by atoms with Gasteiger partial charge in [-0.05, 0) is 35.4 Å². The lowest BCUT2D eigenvalue weighted by Gasteiger charge is -2.03. The van der Waals surface area contributed by atoms with Crippen LogP contribution in [0, 0.1) is 0 Å². The van der Waals surface area contributed by atoms with E-state index in [1.807, 2.05) is 18.2 Å². The van der Waals surface area contributed by atoms with Crippen LogP contribution in [0.3, 0.4) is 0 Å². The Morgan fingerprint density at radius 3 is 2.96 bits per heavy atom. The molecule has 0 spiro atoms. The maximum atomic E-state index is 13.9. The second-order valence-electron chi connectivity index (χ2n) is 5.29. The fourth-order valence-electron chi connectivity index (χ4n) is 2.21. The van der Waals surface area contributed by atoms with E-state index in [1.54, 1.807) is 41.5 Å². The van der Waals surface area contributed by atoms with Crippen LogP contribution in [0.15, 0.2) is 67.1 Å². The Morgan fingerprint density at radius 2 is 2.20 bits per heavy atom. The van der Waals surface area contributed by atoms with Gasteiger partial charge in [0.1, 0.15) is 0 Å². The summed E-state index contributed by atoms with van der Waals surface area (Å²) in [7, 11) is 0. The highest BCUT2D eigenvalue weighted by Crippen LogP contribution is 2.14. The van der Waals surface area contributed by atoms with Crippen molar-refractivity contribution >= 4 is 29.4 Å². The number of aromatic nitrogens is 3. The first kappa shape index (κ1) is 16.9. The van der Waals surface area contributed by atoms with Gasteiger partial charge in [0.25, 0.3) is 5.91 Å². The van der Waals surface area contributed by atoms with Gasteiger partial charge in [-0.1, -0.05) is 29.8 Å². The van der Waals surface area contributed by atoms with Gasteiger partial charge >= 0.3 is 0 Å². The lowest BCUT2D eigenvalue weighted by molar-refractivity contribution is -0.114. The van der Waals surface area contributed by atoms with Crippen molar-refractivity contribution in [3.8, 4) is 0 Å². The Kier molecular flexibility index (Phi) is 5.20. The molecule has 1 amide bonds. The minimum absolute atomic E-state index is 0.266. The molecule has 7 heteroatoms. The van der Waals surface area contributed by atoms with Crippen LogP contribution in [-0.2, 0) is 11.3 Å². The number of pyridine rings is 1. The van der Waals surface area contributed by atoms with Gasteiger partial charge in [-0.15, -0.1) is 0 Å². The number of carbonyl (C=O) groups excluding carboxylic acids is 1. The molecule has 0 radical (unpaired) electrons. The summed E-state index contributed by atoms with van der Waals surface area (Å²) in [5.74, 6) is -1.52.